The van der Waals surface area contributed by atoms with E-state index in [4.69, 9.17) is 19.3 Å². The van der Waals surface area contributed by atoms with Gasteiger partial charge in [0.15, 0.2) is 0 Å². The molecule has 0 amide bonds. The first-order valence-corrected chi connectivity index (χ1v) is 11.3. The van der Waals surface area contributed by atoms with Gasteiger partial charge < -0.3 is 9.26 Å². The third-order valence-electron chi connectivity index (χ3n) is 6.15. The largest absolute Gasteiger partial charge is 0.469 e. The van der Waals surface area contributed by atoms with E-state index >= 15 is 0 Å². The average Bonchev–Trinajstić information content (AvgIpc) is 3.43. The van der Waals surface area contributed by atoms with E-state index in [1.54, 1.807) is 6.20 Å². The first kappa shape index (κ1) is 22.5. The zero-order chi connectivity index (χ0) is 24.5. The molecule has 0 aliphatic carbocycles. The predicted octanol–water partition coefficient (Wildman–Crippen LogP) is 5.09. The number of aryl methyl sites for hydroxylation is 2. The lowest BCUT2D eigenvalue weighted by Gasteiger charge is -2.13. The van der Waals surface area contributed by atoms with Crippen LogP contribution < -0.4 is 0 Å². The lowest BCUT2D eigenvalue weighted by Crippen LogP contribution is -2.10. The summed E-state index contributed by atoms with van der Waals surface area (Å²) < 4.78 is 12.1. The van der Waals surface area contributed by atoms with Crippen LogP contribution >= 0.6 is 0 Å². The fourth-order valence-electron chi connectivity index (χ4n) is 4.31. The molecule has 5 rings (SSSR count). The van der Waals surface area contributed by atoms with Crippen LogP contribution in [0.1, 0.15) is 35.7 Å². The maximum atomic E-state index is 11.6. The van der Waals surface area contributed by atoms with Crippen LogP contribution in [0.4, 0.5) is 0 Å². The van der Waals surface area contributed by atoms with Crippen molar-refractivity contribution in [3.05, 3.63) is 83.6 Å². The van der Waals surface area contributed by atoms with Crippen LogP contribution in [-0.2, 0) is 16.0 Å². The smallest absolute Gasteiger partial charge is 0.309 e. The molecule has 0 saturated heterocycles. The zero-order valence-corrected chi connectivity index (χ0v) is 20.0. The summed E-state index contributed by atoms with van der Waals surface area (Å²) in [5.41, 5.74) is 7.78. The summed E-state index contributed by atoms with van der Waals surface area (Å²) in [4.78, 5) is 21.0. The quantitative estimate of drug-likeness (QED) is 0.321. The summed E-state index contributed by atoms with van der Waals surface area (Å²) >= 11 is 0. The molecule has 0 saturated carbocycles. The number of rotatable bonds is 6. The van der Waals surface area contributed by atoms with Crippen LogP contribution in [0.25, 0.3) is 33.4 Å². The zero-order valence-electron chi connectivity index (χ0n) is 20.0. The van der Waals surface area contributed by atoms with Crippen LogP contribution in [0.5, 0.6) is 0 Å². The summed E-state index contributed by atoms with van der Waals surface area (Å²) in [6.45, 7) is 5.89. The van der Waals surface area contributed by atoms with E-state index in [2.05, 4.69) is 23.1 Å². The topological polar surface area (TPSA) is 95.9 Å². The first-order chi connectivity index (χ1) is 17.0. The highest BCUT2D eigenvalue weighted by molar-refractivity contribution is 5.92. The van der Waals surface area contributed by atoms with Crippen molar-refractivity contribution < 1.29 is 14.1 Å². The molecule has 0 fully saturated rings. The number of carbonyl (C=O) groups excluding carboxylic acids is 1. The molecule has 1 aromatic carbocycles. The van der Waals surface area contributed by atoms with E-state index in [-0.39, 0.29) is 18.4 Å². The molecule has 0 N–H and O–H groups in total. The third-order valence-corrected chi connectivity index (χ3v) is 6.15. The molecule has 4 heterocycles. The second-order valence-corrected chi connectivity index (χ2v) is 8.46. The lowest BCUT2D eigenvalue weighted by atomic mass is 10.0. The van der Waals surface area contributed by atoms with Gasteiger partial charge in [0.25, 0.3) is 0 Å². The van der Waals surface area contributed by atoms with Gasteiger partial charge in [-0.2, -0.15) is 5.10 Å². The first-order valence-electron chi connectivity index (χ1n) is 11.3. The normalized spacial score (nSPS) is 12.1. The Labute approximate surface area is 202 Å². The highest BCUT2D eigenvalue weighted by Gasteiger charge is 2.21. The molecule has 1 atom stereocenters. The van der Waals surface area contributed by atoms with Gasteiger partial charge in [-0.1, -0.05) is 35.5 Å². The van der Waals surface area contributed by atoms with E-state index < -0.39 is 0 Å². The number of ether oxygens (including phenoxy) is 1. The van der Waals surface area contributed by atoms with E-state index in [0.717, 1.165) is 56.1 Å². The Hall–Kier alpha value is -4.33. The van der Waals surface area contributed by atoms with Gasteiger partial charge in [0.2, 0.25) is 0 Å². The lowest BCUT2D eigenvalue weighted by molar-refractivity contribution is -0.139. The molecule has 176 valence electrons. The Balaban J connectivity index is 1.65. The van der Waals surface area contributed by atoms with E-state index in [1.165, 1.54) is 7.11 Å². The number of hydrogen-bond acceptors (Lipinski definition) is 7. The minimum atomic E-state index is -0.273. The highest BCUT2D eigenvalue weighted by Crippen LogP contribution is 2.34. The van der Waals surface area contributed by atoms with Crippen molar-refractivity contribution >= 4 is 17.0 Å². The van der Waals surface area contributed by atoms with Crippen LogP contribution in [0.3, 0.4) is 0 Å². The van der Waals surface area contributed by atoms with Crippen molar-refractivity contribution in [1.29, 1.82) is 0 Å². The van der Waals surface area contributed by atoms with Crippen LogP contribution in [0, 0.1) is 13.8 Å². The van der Waals surface area contributed by atoms with Crippen LogP contribution in [-0.4, -0.2) is 38.0 Å². The number of esters is 1. The maximum Gasteiger partial charge on any atom is 0.309 e. The summed E-state index contributed by atoms with van der Waals surface area (Å²) in [5, 5.41) is 9.09. The minimum absolute atomic E-state index is 0.118. The predicted molar refractivity (Wildman–Crippen MR) is 132 cm³/mol. The standard InChI is InChI=1S/C27H25N5O3/c1-16-25(18(3)35-31-16)21-14-23-27(29-15-21)26(20-10-8-19(9-11-20)13-24(33)34-4)30-32(23)17(2)22-7-5-6-12-28-22/h5-12,14-15,17H,13H2,1-4H3/t17-/m0/s1. The number of carbonyl (C=O) groups is 1. The van der Waals surface area contributed by atoms with Crippen molar-refractivity contribution in [2.75, 3.05) is 7.11 Å². The molecule has 8 heteroatoms. The number of benzene rings is 1. The Morgan fingerprint density at radius 2 is 1.89 bits per heavy atom. The Morgan fingerprint density at radius 1 is 1.09 bits per heavy atom. The number of fused-ring (bicyclic) bond motifs is 1. The molecule has 5 aromatic rings. The molecule has 4 aromatic heterocycles. The molecule has 0 aliphatic rings. The number of nitrogens with zero attached hydrogens (tertiary/aromatic N) is 5. The second kappa shape index (κ2) is 9.13. The SMILES string of the molecule is COC(=O)Cc1ccc(-c2nn([C@@H](C)c3ccccn3)c3cc(-c4c(C)noc4C)cnc23)cc1. The maximum absolute atomic E-state index is 11.6. The number of hydrogen-bond donors (Lipinski definition) is 0. The number of methoxy groups -OCH3 is 1. The van der Waals surface area contributed by atoms with Crippen molar-refractivity contribution in [2.24, 2.45) is 0 Å². The van der Waals surface area contributed by atoms with Gasteiger partial charge in [0, 0.05) is 29.1 Å². The fourth-order valence-corrected chi connectivity index (χ4v) is 4.31. The molecule has 0 aliphatic heterocycles. The molecule has 35 heavy (non-hydrogen) atoms. The summed E-state index contributed by atoms with van der Waals surface area (Å²) in [6, 6.07) is 15.6. The van der Waals surface area contributed by atoms with Gasteiger partial charge in [-0.05, 0) is 44.5 Å². The monoisotopic (exact) mass is 467 g/mol. The van der Waals surface area contributed by atoms with Gasteiger partial charge >= 0.3 is 5.97 Å². The van der Waals surface area contributed by atoms with Gasteiger partial charge in [0.05, 0.1) is 36.5 Å². The minimum Gasteiger partial charge on any atom is -0.469 e. The van der Waals surface area contributed by atoms with E-state index in [1.807, 2.05) is 67.2 Å². The Kier molecular flexibility index (Phi) is 5.86. The van der Waals surface area contributed by atoms with Crippen molar-refractivity contribution in [1.82, 2.24) is 24.9 Å². The molecular weight excluding hydrogens is 442 g/mol. The Morgan fingerprint density at radius 3 is 2.54 bits per heavy atom. The van der Waals surface area contributed by atoms with Crippen LogP contribution in [0.15, 0.2) is 65.4 Å². The number of aromatic nitrogens is 5. The van der Waals surface area contributed by atoms with Crippen LogP contribution in [0.2, 0.25) is 0 Å². The number of pyridine rings is 2. The van der Waals surface area contributed by atoms with E-state index in [0.29, 0.717) is 0 Å². The summed E-state index contributed by atoms with van der Waals surface area (Å²) in [6.07, 6.45) is 3.84. The third kappa shape index (κ3) is 4.19. The van der Waals surface area contributed by atoms with E-state index in [9.17, 15) is 4.79 Å². The van der Waals surface area contributed by atoms with Gasteiger partial charge in [-0.25, -0.2) is 0 Å². The molecule has 8 nitrogen and oxygen atoms in total. The molecule has 0 bridgehead atoms. The fraction of sp³-hybridized carbons (Fsp3) is 0.222. The highest BCUT2D eigenvalue weighted by atomic mass is 16.5. The summed E-state index contributed by atoms with van der Waals surface area (Å²) in [7, 11) is 1.39. The van der Waals surface area contributed by atoms with Gasteiger partial charge in [-0.3, -0.25) is 19.4 Å². The van der Waals surface area contributed by atoms with Crippen molar-refractivity contribution in [3.63, 3.8) is 0 Å². The average molecular weight is 468 g/mol. The second-order valence-electron chi connectivity index (χ2n) is 8.46. The molecule has 0 spiro atoms. The van der Waals surface area contributed by atoms with Crippen molar-refractivity contribution in [3.8, 4) is 22.4 Å². The molecule has 0 radical (unpaired) electrons. The molecule has 0 unspecified atom stereocenters. The Bertz CT molecular complexity index is 1480. The van der Waals surface area contributed by atoms with Crippen molar-refractivity contribution in [2.45, 2.75) is 33.2 Å². The van der Waals surface area contributed by atoms with Gasteiger partial charge in [-0.15, -0.1) is 0 Å². The van der Waals surface area contributed by atoms with Gasteiger partial charge in [0.1, 0.15) is 17.0 Å². The molecular formula is C27H25N5O3. The summed E-state index contributed by atoms with van der Waals surface area (Å²) in [5.74, 6) is 0.471.